The molecule has 0 aliphatic carbocycles. The predicted octanol–water partition coefficient (Wildman–Crippen LogP) is 2.58. The van der Waals surface area contributed by atoms with Gasteiger partial charge in [-0.1, -0.05) is 23.7 Å². The van der Waals surface area contributed by atoms with Crippen LogP contribution in [0.1, 0.15) is 11.6 Å². The first-order valence-corrected chi connectivity index (χ1v) is 9.80. The highest BCUT2D eigenvalue weighted by atomic mass is 35.5. The van der Waals surface area contributed by atoms with Gasteiger partial charge in [-0.15, -0.1) is 0 Å². The lowest BCUT2D eigenvalue weighted by atomic mass is 9.96. The molecule has 0 radical (unpaired) electrons. The normalized spacial score (nSPS) is 19.1. The minimum Gasteiger partial charge on any atom is -0.456 e. The maximum absolute atomic E-state index is 12.8. The van der Waals surface area contributed by atoms with E-state index in [1.807, 2.05) is 0 Å². The second-order valence-electron chi connectivity index (χ2n) is 7.07. The number of nitrogens with one attached hydrogen (secondary N) is 2. The van der Waals surface area contributed by atoms with Crippen LogP contribution in [0.25, 0.3) is 0 Å². The quantitative estimate of drug-likeness (QED) is 0.706. The zero-order valence-electron chi connectivity index (χ0n) is 16.0. The molecule has 2 N–H and O–H groups in total. The van der Waals surface area contributed by atoms with E-state index >= 15 is 0 Å². The summed E-state index contributed by atoms with van der Waals surface area (Å²) < 4.78 is 15.7. The molecule has 5 rings (SSSR count). The van der Waals surface area contributed by atoms with Crippen molar-refractivity contribution in [3.8, 4) is 11.5 Å². The van der Waals surface area contributed by atoms with Crippen LogP contribution in [-0.4, -0.2) is 42.8 Å². The van der Waals surface area contributed by atoms with Gasteiger partial charge in [-0.3, -0.25) is 9.69 Å². The molecule has 31 heavy (non-hydrogen) atoms. The van der Waals surface area contributed by atoms with Crippen molar-refractivity contribution in [1.29, 1.82) is 0 Å². The van der Waals surface area contributed by atoms with Gasteiger partial charge in [0.1, 0.15) is 13.2 Å². The fourth-order valence-corrected chi connectivity index (χ4v) is 3.83. The van der Waals surface area contributed by atoms with Gasteiger partial charge in [0, 0.05) is 16.8 Å². The Morgan fingerprint density at radius 1 is 1.10 bits per heavy atom. The third kappa shape index (κ3) is 3.53. The molecule has 2 aromatic rings. The second-order valence-corrected chi connectivity index (χ2v) is 7.51. The summed E-state index contributed by atoms with van der Waals surface area (Å²) in [5.74, 6) is 0.151. The largest absolute Gasteiger partial charge is 0.456 e. The van der Waals surface area contributed by atoms with E-state index in [-0.39, 0.29) is 19.9 Å². The zero-order valence-corrected chi connectivity index (χ0v) is 16.8. The Hall–Kier alpha value is -3.72. The van der Waals surface area contributed by atoms with Crippen LogP contribution in [0.15, 0.2) is 53.7 Å². The van der Waals surface area contributed by atoms with Gasteiger partial charge in [-0.25, -0.2) is 9.59 Å². The molecule has 158 valence electrons. The van der Waals surface area contributed by atoms with Crippen LogP contribution in [0, 0.1) is 0 Å². The number of ether oxygens (including phenoxy) is 3. The highest BCUT2D eigenvalue weighted by Crippen LogP contribution is 2.36. The van der Waals surface area contributed by atoms with Crippen molar-refractivity contribution >= 4 is 35.2 Å². The molecule has 0 aromatic heterocycles. The molecule has 0 fully saturated rings. The highest BCUT2D eigenvalue weighted by Gasteiger charge is 2.42. The average Bonchev–Trinajstić information content (AvgIpc) is 3.37. The number of cyclic esters (lactones) is 1. The SMILES string of the molecule is O=C(CN1C(=O)N[C@H](c2ccc(Cl)cc2)C2=C1COC2=O)Nc1ccc2c(c1)OCO2. The van der Waals surface area contributed by atoms with Crippen molar-refractivity contribution in [2.75, 3.05) is 25.3 Å². The van der Waals surface area contributed by atoms with E-state index in [0.29, 0.717) is 39.0 Å². The Labute approximate surface area is 181 Å². The Balaban J connectivity index is 1.37. The molecule has 0 unspecified atom stereocenters. The van der Waals surface area contributed by atoms with Crippen LogP contribution in [0.2, 0.25) is 5.02 Å². The van der Waals surface area contributed by atoms with E-state index in [9.17, 15) is 14.4 Å². The van der Waals surface area contributed by atoms with Crippen molar-refractivity contribution in [2.24, 2.45) is 0 Å². The number of hydrogen-bond donors (Lipinski definition) is 2. The first-order valence-electron chi connectivity index (χ1n) is 9.43. The summed E-state index contributed by atoms with van der Waals surface area (Å²) in [7, 11) is 0. The van der Waals surface area contributed by atoms with Crippen molar-refractivity contribution in [3.63, 3.8) is 0 Å². The molecular weight excluding hydrogens is 426 g/mol. The van der Waals surface area contributed by atoms with Gasteiger partial charge in [0.25, 0.3) is 0 Å². The highest BCUT2D eigenvalue weighted by molar-refractivity contribution is 6.30. The number of nitrogens with zero attached hydrogens (tertiary/aromatic N) is 1. The number of anilines is 1. The van der Waals surface area contributed by atoms with Crippen molar-refractivity contribution < 1.29 is 28.6 Å². The van der Waals surface area contributed by atoms with Crippen LogP contribution in [0.4, 0.5) is 10.5 Å². The summed E-state index contributed by atoms with van der Waals surface area (Å²) >= 11 is 5.94. The lowest BCUT2D eigenvalue weighted by Crippen LogP contribution is -2.49. The fraction of sp³-hybridized carbons (Fsp3) is 0.190. The van der Waals surface area contributed by atoms with Crippen LogP contribution >= 0.6 is 11.6 Å². The Kier molecular flexibility index (Phi) is 4.67. The van der Waals surface area contributed by atoms with E-state index in [1.165, 1.54) is 4.90 Å². The molecule has 0 saturated heterocycles. The van der Waals surface area contributed by atoms with Gasteiger partial charge in [0.2, 0.25) is 12.7 Å². The van der Waals surface area contributed by atoms with Gasteiger partial charge in [0.05, 0.1) is 17.3 Å². The van der Waals surface area contributed by atoms with Crippen molar-refractivity contribution in [2.45, 2.75) is 6.04 Å². The number of benzene rings is 2. The summed E-state index contributed by atoms with van der Waals surface area (Å²) in [4.78, 5) is 39.0. The molecule has 9 nitrogen and oxygen atoms in total. The number of carbonyl (C=O) groups excluding carboxylic acids is 3. The van der Waals surface area contributed by atoms with Crippen molar-refractivity contribution in [3.05, 3.63) is 64.3 Å². The predicted molar refractivity (Wildman–Crippen MR) is 109 cm³/mol. The summed E-state index contributed by atoms with van der Waals surface area (Å²) in [6.45, 7) is -0.244. The first-order chi connectivity index (χ1) is 15.0. The monoisotopic (exact) mass is 441 g/mol. The fourth-order valence-electron chi connectivity index (χ4n) is 3.70. The lowest BCUT2D eigenvalue weighted by Gasteiger charge is -2.32. The number of urea groups is 1. The lowest BCUT2D eigenvalue weighted by molar-refractivity contribution is -0.136. The molecule has 3 amide bonds. The Morgan fingerprint density at radius 3 is 2.68 bits per heavy atom. The minimum atomic E-state index is -0.678. The van der Waals surface area contributed by atoms with Gasteiger partial charge in [-0.05, 0) is 29.8 Å². The molecule has 0 saturated carbocycles. The maximum Gasteiger partial charge on any atom is 0.338 e. The number of fused-ring (bicyclic) bond motifs is 1. The van der Waals surface area contributed by atoms with E-state index in [2.05, 4.69) is 10.6 Å². The summed E-state index contributed by atoms with van der Waals surface area (Å²) in [5, 5.41) is 6.03. The maximum atomic E-state index is 12.8. The van der Waals surface area contributed by atoms with Crippen LogP contribution in [0.5, 0.6) is 11.5 Å². The van der Waals surface area contributed by atoms with E-state index in [1.54, 1.807) is 42.5 Å². The van der Waals surface area contributed by atoms with Gasteiger partial charge < -0.3 is 24.8 Å². The molecule has 3 heterocycles. The summed E-state index contributed by atoms with van der Waals surface area (Å²) in [6, 6.07) is 10.6. The van der Waals surface area contributed by atoms with Crippen LogP contribution < -0.4 is 20.1 Å². The smallest absolute Gasteiger partial charge is 0.338 e. The van der Waals surface area contributed by atoms with Gasteiger partial charge in [0.15, 0.2) is 11.5 Å². The third-order valence-electron chi connectivity index (χ3n) is 5.16. The number of rotatable bonds is 4. The minimum absolute atomic E-state index is 0.0804. The third-order valence-corrected chi connectivity index (χ3v) is 5.41. The van der Waals surface area contributed by atoms with Crippen LogP contribution in [0.3, 0.4) is 0 Å². The Bertz CT molecular complexity index is 1130. The Morgan fingerprint density at radius 2 is 1.87 bits per heavy atom. The number of amides is 3. The summed E-state index contributed by atoms with van der Waals surface area (Å²) in [5.41, 5.74) is 1.86. The molecular formula is C21H16ClN3O6. The number of hydrogen-bond acceptors (Lipinski definition) is 6. The topological polar surface area (TPSA) is 106 Å². The number of esters is 1. The van der Waals surface area contributed by atoms with Crippen LogP contribution in [-0.2, 0) is 14.3 Å². The van der Waals surface area contributed by atoms with E-state index in [0.717, 1.165) is 0 Å². The van der Waals surface area contributed by atoms with E-state index < -0.39 is 23.9 Å². The number of halogens is 1. The molecule has 0 spiro atoms. The van der Waals surface area contributed by atoms with Crippen molar-refractivity contribution in [1.82, 2.24) is 10.2 Å². The van der Waals surface area contributed by atoms with Gasteiger partial charge in [-0.2, -0.15) is 0 Å². The van der Waals surface area contributed by atoms with E-state index in [4.69, 9.17) is 25.8 Å². The summed E-state index contributed by atoms with van der Waals surface area (Å²) in [6.07, 6.45) is 0. The number of carbonyl (C=O) groups is 3. The molecule has 0 bridgehead atoms. The van der Waals surface area contributed by atoms with Gasteiger partial charge >= 0.3 is 12.0 Å². The molecule has 2 aromatic carbocycles. The zero-order chi connectivity index (χ0) is 21.5. The first kappa shape index (κ1) is 19.3. The second kappa shape index (κ2) is 7.51. The standard InChI is InChI=1S/C21H16ClN3O6/c22-12-3-1-11(2-4-12)19-18-14(9-29-20(18)27)25(21(28)24-19)8-17(26)23-13-5-6-15-16(7-13)31-10-30-15/h1-7,19H,8-10H2,(H,23,26)(H,24,28)/t19-/m1/s1. The molecule has 3 aliphatic rings. The molecule has 1 atom stereocenters. The molecule has 10 heteroatoms. The molecule has 3 aliphatic heterocycles. The average molecular weight is 442 g/mol.